The van der Waals surface area contributed by atoms with E-state index in [9.17, 15) is 0 Å². The van der Waals surface area contributed by atoms with E-state index in [1.54, 1.807) is 20.4 Å². The molecule has 1 saturated carbocycles. The van der Waals surface area contributed by atoms with Crippen molar-refractivity contribution in [2.45, 2.75) is 39.2 Å². The predicted molar refractivity (Wildman–Crippen MR) is 85.6 cm³/mol. The number of rotatable bonds is 6. The molecule has 0 aliphatic heterocycles. The van der Waals surface area contributed by atoms with Crippen molar-refractivity contribution in [1.82, 2.24) is 15.6 Å². The Morgan fingerprint density at radius 2 is 2.24 bits per heavy atom. The van der Waals surface area contributed by atoms with Crippen LogP contribution in [0.1, 0.15) is 38.2 Å². The molecule has 1 aromatic rings. The summed E-state index contributed by atoms with van der Waals surface area (Å²) in [6.45, 7) is 3.92. The van der Waals surface area contributed by atoms with Crippen LogP contribution in [0.5, 0.6) is 5.88 Å². The van der Waals surface area contributed by atoms with Crippen LogP contribution in [0.2, 0.25) is 0 Å². The highest BCUT2D eigenvalue weighted by molar-refractivity contribution is 5.79. The van der Waals surface area contributed by atoms with Crippen LogP contribution in [0.4, 0.5) is 0 Å². The number of hydrogen-bond donors (Lipinski definition) is 2. The standard InChI is InChI=1S/C16H26N4O/c1-4-16(8-6-9-16)12-20-15(17-2)19-11-13-7-5-10-18-14(13)21-3/h5,7,10H,4,6,8-9,11-12H2,1-3H3,(H2,17,19,20). The van der Waals surface area contributed by atoms with Crippen LogP contribution >= 0.6 is 0 Å². The van der Waals surface area contributed by atoms with Gasteiger partial charge in [-0.3, -0.25) is 4.99 Å². The molecule has 2 rings (SSSR count). The molecule has 0 amide bonds. The highest BCUT2D eigenvalue weighted by Gasteiger charge is 2.34. The Morgan fingerprint density at radius 3 is 2.81 bits per heavy atom. The number of nitrogens with one attached hydrogen (secondary N) is 2. The zero-order valence-electron chi connectivity index (χ0n) is 13.3. The van der Waals surface area contributed by atoms with Gasteiger partial charge in [-0.1, -0.05) is 19.4 Å². The number of hydrogen-bond acceptors (Lipinski definition) is 3. The zero-order valence-corrected chi connectivity index (χ0v) is 13.3. The maximum Gasteiger partial charge on any atom is 0.218 e. The highest BCUT2D eigenvalue weighted by atomic mass is 16.5. The fraction of sp³-hybridized carbons (Fsp3) is 0.625. The lowest BCUT2D eigenvalue weighted by molar-refractivity contribution is 0.131. The third-order valence-electron chi connectivity index (χ3n) is 4.51. The van der Waals surface area contributed by atoms with E-state index in [1.807, 2.05) is 12.1 Å². The number of nitrogens with zero attached hydrogens (tertiary/aromatic N) is 2. The Labute approximate surface area is 127 Å². The van der Waals surface area contributed by atoms with Crippen LogP contribution in [0.25, 0.3) is 0 Å². The lowest BCUT2D eigenvalue weighted by Crippen LogP contribution is -2.46. The van der Waals surface area contributed by atoms with Gasteiger partial charge >= 0.3 is 0 Å². The highest BCUT2D eigenvalue weighted by Crippen LogP contribution is 2.42. The molecule has 0 saturated heterocycles. The molecule has 0 radical (unpaired) electrons. The van der Waals surface area contributed by atoms with E-state index in [4.69, 9.17) is 4.74 Å². The molecule has 0 atom stereocenters. The molecule has 0 spiro atoms. The second kappa shape index (κ2) is 7.29. The van der Waals surface area contributed by atoms with E-state index in [0.29, 0.717) is 17.8 Å². The van der Waals surface area contributed by atoms with Crippen LogP contribution in [-0.2, 0) is 6.54 Å². The van der Waals surface area contributed by atoms with Gasteiger partial charge in [-0.2, -0.15) is 0 Å². The minimum Gasteiger partial charge on any atom is -0.481 e. The van der Waals surface area contributed by atoms with E-state index in [-0.39, 0.29) is 0 Å². The fourth-order valence-corrected chi connectivity index (χ4v) is 2.75. The fourth-order valence-electron chi connectivity index (χ4n) is 2.75. The van der Waals surface area contributed by atoms with Gasteiger partial charge in [0.25, 0.3) is 0 Å². The number of ether oxygens (including phenoxy) is 1. The van der Waals surface area contributed by atoms with Gasteiger partial charge in [0.1, 0.15) is 0 Å². The molecular weight excluding hydrogens is 264 g/mol. The number of pyridine rings is 1. The normalized spacial score (nSPS) is 17.0. The molecular formula is C16H26N4O. The van der Waals surface area contributed by atoms with Crippen molar-refractivity contribution in [2.24, 2.45) is 10.4 Å². The van der Waals surface area contributed by atoms with E-state index >= 15 is 0 Å². The topological polar surface area (TPSA) is 58.5 Å². The summed E-state index contributed by atoms with van der Waals surface area (Å²) in [6, 6.07) is 3.92. The molecule has 5 nitrogen and oxygen atoms in total. The summed E-state index contributed by atoms with van der Waals surface area (Å²) in [7, 11) is 3.44. The van der Waals surface area contributed by atoms with Crippen LogP contribution in [0.15, 0.2) is 23.3 Å². The number of guanidine groups is 1. The molecule has 1 aliphatic carbocycles. The molecule has 1 heterocycles. The van der Waals surface area contributed by atoms with Crippen LogP contribution in [0, 0.1) is 5.41 Å². The Bertz CT molecular complexity index is 477. The maximum atomic E-state index is 5.26. The van der Waals surface area contributed by atoms with Gasteiger partial charge in [-0.15, -0.1) is 0 Å². The molecule has 0 unspecified atom stereocenters. The van der Waals surface area contributed by atoms with E-state index < -0.39 is 0 Å². The van der Waals surface area contributed by atoms with E-state index in [2.05, 4.69) is 27.5 Å². The maximum absolute atomic E-state index is 5.26. The minimum absolute atomic E-state index is 0.476. The molecule has 0 bridgehead atoms. The van der Waals surface area contributed by atoms with Crippen molar-refractivity contribution in [3.05, 3.63) is 23.9 Å². The molecule has 2 N–H and O–H groups in total. The monoisotopic (exact) mass is 290 g/mol. The predicted octanol–water partition coefficient (Wildman–Crippen LogP) is 2.34. The summed E-state index contributed by atoms with van der Waals surface area (Å²) < 4.78 is 5.26. The number of aliphatic imine (C=N–C) groups is 1. The first-order chi connectivity index (χ1) is 10.2. The summed E-state index contributed by atoms with van der Waals surface area (Å²) in [5, 5.41) is 6.77. The third-order valence-corrected chi connectivity index (χ3v) is 4.51. The molecule has 116 valence electrons. The largest absolute Gasteiger partial charge is 0.481 e. The van der Waals surface area contributed by atoms with Gasteiger partial charge in [0.15, 0.2) is 5.96 Å². The van der Waals surface area contributed by atoms with Crippen LogP contribution in [0.3, 0.4) is 0 Å². The SMILES string of the molecule is CCC1(CNC(=NC)NCc2cccnc2OC)CCC1. The molecule has 1 aromatic heterocycles. The van der Waals surface area contributed by atoms with Gasteiger partial charge in [-0.25, -0.2) is 4.98 Å². The van der Waals surface area contributed by atoms with Crippen molar-refractivity contribution in [3.8, 4) is 5.88 Å². The van der Waals surface area contributed by atoms with Crippen LogP contribution < -0.4 is 15.4 Å². The second-order valence-electron chi connectivity index (χ2n) is 5.66. The molecule has 5 heteroatoms. The van der Waals surface area contributed by atoms with Crippen molar-refractivity contribution < 1.29 is 4.74 Å². The first kappa shape index (κ1) is 15.6. The minimum atomic E-state index is 0.476. The Kier molecular flexibility index (Phi) is 5.42. The Morgan fingerprint density at radius 1 is 1.43 bits per heavy atom. The van der Waals surface area contributed by atoms with Crippen molar-refractivity contribution in [2.75, 3.05) is 20.7 Å². The molecule has 21 heavy (non-hydrogen) atoms. The third kappa shape index (κ3) is 3.86. The molecule has 1 fully saturated rings. The lowest BCUT2D eigenvalue weighted by Gasteiger charge is -2.41. The zero-order chi connectivity index (χ0) is 15.1. The molecule has 0 aromatic carbocycles. The van der Waals surface area contributed by atoms with Gasteiger partial charge in [0.05, 0.1) is 7.11 Å². The average molecular weight is 290 g/mol. The Balaban J connectivity index is 1.85. The quantitative estimate of drug-likeness (QED) is 0.623. The summed E-state index contributed by atoms with van der Waals surface area (Å²) in [6.07, 6.45) is 6.96. The second-order valence-corrected chi connectivity index (χ2v) is 5.66. The summed E-state index contributed by atoms with van der Waals surface area (Å²) in [5.41, 5.74) is 1.50. The smallest absolute Gasteiger partial charge is 0.218 e. The average Bonchev–Trinajstić information content (AvgIpc) is 2.49. The van der Waals surface area contributed by atoms with Gasteiger partial charge in [-0.05, 0) is 30.7 Å². The summed E-state index contributed by atoms with van der Waals surface area (Å²) in [5.74, 6) is 1.49. The first-order valence-electron chi connectivity index (χ1n) is 7.65. The van der Waals surface area contributed by atoms with Gasteiger partial charge in [0, 0.05) is 31.9 Å². The first-order valence-corrected chi connectivity index (χ1v) is 7.65. The van der Waals surface area contributed by atoms with Crippen molar-refractivity contribution in [1.29, 1.82) is 0 Å². The summed E-state index contributed by atoms with van der Waals surface area (Å²) in [4.78, 5) is 8.49. The van der Waals surface area contributed by atoms with Gasteiger partial charge in [0.2, 0.25) is 5.88 Å². The Hall–Kier alpha value is -1.78. The van der Waals surface area contributed by atoms with E-state index in [0.717, 1.165) is 18.1 Å². The number of aromatic nitrogens is 1. The number of methoxy groups -OCH3 is 1. The lowest BCUT2D eigenvalue weighted by atomic mass is 9.67. The van der Waals surface area contributed by atoms with Crippen molar-refractivity contribution in [3.63, 3.8) is 0 Å². The van der Waals surface area contributed by atoms with Gasteiger partial charge < -0.3 is 15.4 Å². The molecule has 1 aliphatic rings. The van der Waals surface area contributed by atoms with E-state index in [1.165, 1.54) is 25.7 Å². The van der Waals surface area contributed by atoms with Crippen LogP contribution in [-0.4, -0.2) is 31.6 Å². The van der Waals surface area contributed by atoms with Crippen molar-refractivity contribution >= 4 is 5.96 Å². The summed E-state index contributed by atoms with van der Waals surface area (Å²) >= 11 is 0.